The Morgan fingerprint density at radius 1 is 1.33 bits per heavy atom. The molecule has 0 atom stereocenters. The van der Waals surface area contributed by atoms with Crippen LogP contribution in [0.15, 0.2) is 12.1 Å². The molecule has 1 saturated heterocycles. The van der Waals surface area contributed by atoms with E-state index in [1.807, 2.05) is 6.92 Å². The smallest absolute Gasteiger partial charge is 0.214 e. The highest BCUT2D eigenvalue weighted by Gasteiger charge is 2.09. The second kappa shape index (κ2) is 6.36. The minimum absolute atomic E-state index is 0.559. The monoisotopic (exact) mass is 245 g/mol. The van der Waals surface area contributed by atoms with Crippen LogP contribution in [0.5, 0.6) is 5.88 Å². The lowest BCUT2D eigenvalue weighted by Gasteiger charge is -2.26. The van der Waals surface area contributed by atoms with E-state index >= 15 is 0 Å². The van der Waals surface area contributed by atoms with Gasteiger partial charge in [-0.05, 0) is 38.9 Å². The number of nitrogens with zero attached hydrogens (tertiary/aromatic N) is 3. The normalized spacial score (nSPS) is 16.2. The van der Waals surface area contributed by atoms with Gasteiger partial charge in [0.25, 0.3) is 0 Å². The number of ether oxygens (including phenoxy) is 1. The van der Waals surface area contributed by atoms with Crippen LogP contribution in [0.1, 0.15) is 30.5 Å². The number of hydrogen-bond donors (Lipinski definition) is 0. The Kier molecular flexibility index (Phi) is 4.54. The number of hydrogen-bond acceptors (Lipinski definition) is 4. The molecule has 0 unspecified atom stereocenters. The molecule has 18 heavy (non-hydrogen) atoms. The fourth-order valence-corrected chi connectivity index (χ4v) is 2.24. The van der Waals surface area contributed by atoms with Gasteiger partial charge in [-0.15, -0.1) is 0 Å². The SMILES string of the molecule is Cc1cc(C#N)cc(OCCN2CCCCC2)n1. The highest BCUT2D eigenvalue weighted by Crippen LogP contribution is 2.12. The first-order valence-corrected chi connectivity index (χ1v) is 6.52. The van der Waals surface area contributed by atoms with E-state index < -0.39 is 0 Å². The van der Waals surface area contributed by atoms with Crippen molar-refractivity contribution in [3.8, 4) is 11.9 Å². The van der Waals surface area contributed by atoms with Gasteiger partial charge in [0.2, 0.25) is 5.88 Å². The van der Waals surface area contributed by atoms with Gasteiger partial charge in [0.15, 0.2) is 0 Å². The average molecular weight is 245 g/mol. The van der Waals surface area contributed by atoms with Crippen LogP contribution in [0.2, 0.25) is 0 Å². The molecule has 4 heteroatoms. The standard InChI is InChI=1S/C14H19N3O/c1-12-9-13(11-15)10-14(16-12)18-8-7-17-5-3-2-4-6-17/h9-10H,2-8H2,1H3. The summed E-state index contributed by atoms with van der Waals surface area (Å²) in [5.41, 5.74) is 1.43. The molecule has 0 aliphatic carbocycles. The van der Waals surface area contributed by atoms with Crippen molar-refractivity contribution in [3.05, 3.63) is 23.4 Å². The third-order valence-corrected chi connectivity index (χ3v) is 3.17. The number of piperidine rings is 1. The average Bonchev–Trinajstić information content (AvgIpc) is 2.39. The van der Waals surface area contributed by atoms with Crippen LogP contribution >= 0.6 is 0 Å². The van der Waals surface area contributed by atoms with E-state index in [-0.39, 0.29) is 0 Å². The number of rotatable bonds is 4. The van der Waals surface area contributed by atoms with Crippen LogP contribution in [0.3, 0.4) is 0 Å². The molecule has 1 aliphatic heterocycles. The number of aromatic nitrogens is 1. The number of pyridine rings is 1. The van der Waals surface area contributed by atoms with Crippen LogP contribution in [-0.2, 0) is 0 Å². The number of aryl methyl sites for hydroxylation is 1. The van der Waals surface area contributed by atoms with Crippen molar-refractivity contribution in [1.29, 1.82) is 5.26 Å². The molecular weight excluding hydrogens is 226 g/mol. The molecule has 1 aromatic rings. The van der Waals surface area contributed by atoms with Gasteiger partial charge >= 0.3 is 0 Å². The summed E-state index contributed by atoms with van der Waals surface area (Å²) >= 11 is 0. The molecule has 2 heterocycles. The summed E-state index contributed by atoms with van der Waals surface area (Å²) < 4.78 is 5.63. The maximum absolute atomic E-state index is 8.87. The van der Waals surface area contributed by atoms with E-state index in [4.69, 9.17) is 10.00 Å². The van der Waals surface area contributed by atoms with E-state index in [1.165, 1.54) is 32.4 Å². The first-order valence-electron chi connectivity index (χ1n) is 6.52. The summed E-state index contributed by atoms with van der Waals surface area (Å²) in [4.78, 5) is 6.69. The summed E-state index contributed by atoms with van der Waals surface area (Å²) in [5.74, 6) is 0.559. The highest BCUT2D eigenvalue weighted by atomic mass is 16.5. The van der Waals surface area contributed by atoms with Crippen molar-refractivity contribution < 1.29 is 4.74 Å². The van der Waals surface area contributed by atoms with Crippen molar-refractivity contribution in [1.82, 2.24) is 9.88 Å². The first-order chi connectivity index (χ1) is 8.78. The van der Waals surface area contributed by atoms with Gasteiger partial charge in [-0.1, -0.05) is 6.42 Å². The Balaban J connectivity index is 1.82. The molecule has 4 nitrogen and oxygen atoms in total. The van der Waals surface area contributed by atoms with Crippen LogP contribution in [0.25, 0.3) is 0 Å². The Morgan fingerprint density at radius 2 is 2.11 bits per heavy atom. The molecule has 0 bridgehead atoms. The summed E-state index contributed by atoms with van der Waals surface area (Å²) in [6.07, 6.45) is 3.94. The van der Waals surface area contributed by atoms with Gasteiger partial charge in [-0.3, -0.25) is 4.90 Å². The fraction of sp³-hybridized carbons (Fsp3) is 0.571. The highest BCUT2D eigenvalue weighted by molar-refractivity contribution is 5.34. The lowest BCUT2D eigenvalue weighted by Crippen LogP contribution is -2.33. The summed E-state index contributed by atoms with van der Waals surface area (Å²) in [5, 5.41) is 8.87. The zero-order valence-electron chi connectivity index (χ0n) is 10.9. The number of nitriles is 1. The maximum atomic E-state index is 8.87. The summed E-state index contributed by atoms with van der Waals surface area (Å²) in [6.45, 7) is 5.80. The topological polar surface area (TPSA) is 49.1 Å². The van der Waals surface area contributed by atoms with Gasteiger partial charge in [0.05, 0.1) is 11.6 Å². The van der Waals surface area contributed by atoms with E-state index in [9.17, 15) is 0 Å². The second-order valence-corrected chi connectivity index (χ2v) is 4.70. The quantitative estimate of drug-likeness (QED) is 0.815. The molecule has 2 rings (SSSR count). The van der Waals surface area contributed by atoms with Crippen LogP contribution in [-0.4, -0.2) is 36.1 Å². The molecule has 0 spiro atoms. The lowest BCUT2D eigenvalue weighted by atomic mass is 10.1. The van der Waals surface area contributed by atoms with Crippen molar-refractivity contribution in [2.24, 2.45) is 0 Å². The Labute approximate surface area is 108 Å². The minimum atomic E-state index is 0.559. The number of likely N-dealkylation sites (tertiary alicyclic amines) is 1. The first kappa shape index (κ1) is 12.8. The molecule has 0 N–H and O–H groups in total. The molecular formula is C14H19N3O. The Bertz CT molecular complexity index is 433. The molecule has 0 amide bonds. The molecule has 1 aromatic heterocycles. The molecule has 1 aliphatic rings. The molecule has 1 fully saturated rings. The Morgan fingerprint density at radius 3 is 2.83 bits per heavy atom. The van der Waals surface area contributed by atoms with E-state index in [0.29, 0.717) is 18.1 Å². The third kappa shape index (κ3) is 3.71. The zero-order chi connectivity index (χ0) is 12.8. The largest absolute Gasteiger partial charge is 0.476 e. The van der Waals surface area contributed by atoms with Crippen LogP contribution in [0, 0.1) is 18.3 Å². The predicted molar refractivity (Wildman–Crippen MR) is 69.5 cm³/mol. The van der Waals surface area contributed by atoms with Gasteiger partial charge < -0.3 is 4.74 Å². The van der Waals surface area contributed by atoms with Crippen LogP contribution < -0.4 is 4.74 Å². The van der Waals surface area contributed by atoms with Gasteiger partial charge in [-0.25, -0.2) is 4.98 Å². The van der Waals surface area contributed by atoms with Gasteiger partial charge in [-0.2, -0.15) is 5.26 Å². The molecule has 0 saturated carbocycles. The van der Waals surface area contributed by atoms with Gasteiger partial charge in [0.1, 0.15) is 6.61 Å². The molecule has 0 radical (unpaired) electrons. The third-order valence-electron chi connectivity index (χ3n) is 3.17. The fourth-order valence-electron chi connectivity index (χ4n) is 2.24. The summed E-state index contributed by atoms with van der Waals surface area (Å²) in [7, 11) is 0. The van der Waals surface area contributed by atoms with Crippen molar-refractivity contribution in [3.63, 3.8) is 0 Å². The zero-order valence-corrected chi connectivity index (χ0v) is 10.9. The molecule has 96 valence electrons. The Hall–Kier alpha value is -1.60. The minimum Gasteiger partial charge on any atom is -0.476 e. The van der Waals surface area contributed by atoms with Crippen molar-refractivity contribution >= 4 is 0 Å². The lowest BCUT2D eigenvalue weighted by molar-refractivity contribution is 0.180. The summed E-state index contributed by atoms with van der Waals surface area (Å²) in [6, 6.07) is 5.58. The van der Waals surface area contributed by atoms with Crippen LogP contribution in [0.4, 0.5) is 0 Å². The van der Waals surface area contributed by atoms with E-state index in [2.05, 4.69) is 16.0 Å². The van der Waals surface area contributed by atoms with Gasteiger partial charge in [0, 0.05) is 18.3 Å². The second-order valence-electron chi connectivity index (χ2n) is 4.70. The van der Waals surface area contributed by atoms with Crippen molar-refractivity contribution in [2.75, 3.05) is 26.2 Å². The maximum Gasteiger partial charge on any atom is 0.214 e. The predicted octanol–water partition coefficient (Wildman–Crippen LogP) is 2.13. The van der Waals surface area contributed by atoms with E-state index in [1.54, 1.807) is 12.1 Å². The van der Waals surface area contributed by atoms with Crippen molar-refractivity contribution in [2.45, 2.75) is 26.2 Å². The van der Waals surface area contributed by atoms with E-state index in [0.717, 1.165) is 12.2 Å². The molecule has 0 aromatic carbocycles.